The van der Waals surface area contributed by atoms with Gasteiger partial charge in [0, 0.05) is 11.5 Å². The highest BCUT2D eigenvalue weighted by atomic mass is 16.7. The number of aliphatic hydroxyl groups excluding tert-OH is 4. The molecule has 9 heteroatoms. The van der Waals surface area contributed by atoms with Crippen molar-refractivity contribution in [3.8, 4) is 0 Å². The van der Waals surface area contributed by atoms with Gasteiger partial charge in [0.25, 0.3) is 0 Å². The first kappa shape index (κ1) is 14.1. The average molecular weight is 249 g/mol. The van der Waals surface area contributed by atoms with Gasteiger partial charge < -0.3 is 29.9 Å². The van der Waals surface area contributed by atoms with Gasteiger partial charge in [-0.15, -0.1) is 0 Å². The maximum atomic E-state index is 9.53. The van der Waals surface area contributed by atoms with Crippen LogP contribution in [-0.2, 0) is 9.47 Å². The van der Waals surface area contributed by atoms with E-state index >= 15 is 0 Å². The summed E-state index contributed by atoms with van der Waals surface area (Å²) >= 11 is 0. The van der Waals surface area contributed by atoms with Gasteiger partial charge in [0.05, 0.1) is 13.2 Å². The fraction of sp³-hybridized carbons (Fsp3) is 1.00. The standard InChI is InChI=1S/C8H15N3O6/c9-11-10-1-2-16-8-7(15)6(14)5(13)4(3-12)17-8/h4-8,12-15H,1-3H2/t4?,5-,6+,7?,8+/m1/s1. The third-order valence-electron chi connectivity index (χ3n) is 2.39. The molecule has 1 saturated heterocycles. The molecule has 0 aliphatic carbocycles. The van der Waals surface area contributed by atoms with Crippen LogP contribution in [0.3, 0.4) is 0 Å². The maximum absolute atomic E-state index is 9.53. The summed E-state index contributed by atoms with van der Waals surface area (Å²) in [5, 5.41) is 40.5. The second kappa shape index (κ2) is 6.72. The molecule has 1 heterocycles. The van der Waals surface area contributed by atoms with Gasteiger partial charge in [0.2, 0.25) is 0 Å². The van der Waals surface area contributed by atoms with Crippen molar-refractivity contribution < 1.29 is 29.9 Å². The molecule has 0 aromatic carbocycles. The summed E-state index contributed by atoms with van der Waals surface area (Å²) in [6.45, 7) is -0.473. The van der Waals surface area contributed by atoms with Crippen LogP contribution in [-0.4, -0.2) is 70.9 Å². The molecular weight excluding hydrogens is 234 g/mol. The second-order valence-electron chi connectivity index (χ2n) is 3.52. The van der Waals surface area contributed by atoms with E-state index in [0.717, 1.165) is 0 Å². The molecule has 0 bridgehead atoms. The minimum absolute atomic E-state index is 0.00719. The molecule has 5 atom stereocenters. The van der Waals surface area contributed by atoms with E-state index in [9.17, 15) is 15.3 Å². The minimum atomic E-state index is -1.47. The summed E-state index contributed by atoms with van der Waals surface area (Å²) in [5.74, 6) is 0. The van der Waals surface area contributed by atoms with Gasteiger partial charge in [-0.3, -0.25) is 0 Å². The summed E-state index contributed by atoms with van der Waals surface area (Å²) < 4.78 is 10.1. The van der Waals surface area contributed by atoms with Crippen molar-refractivity contribution >= 4 is 0 Å². The second-order valence-corrected chi connectivity index (χ2v) is 3.52. The Hall–Kier alpha value is -0.930. The highest BCUT2D eigenvalue weighted by molar-refractivity contribution is 4.88. The number of rotatable bonds is 5. The summed E-state index contributed by atoms with van der Waals surface area (Å²) in [6.07, 6.45) is -6.49. The number of aliphatic hydroxyl groups is 4. The Morgan fingerprint density at radius 2 is 1.94 bits per heavy atom. The fourth-order valence-corrected chi connectivity index (χ4v) is 1.46. The molecular formula is C8H15N3O6. The minimum Gasteiger partial charge on any atom is -0.394 e. The van der Waals surface area contributed by atoms with Crippen molar-refractivity contribution in [3.63, 3.8) is 0 Å². The molecule has 17 heavy (non-hydrogen) atoms. The first-order chi connectivity index (χ1) is 8.11. The Kier molecular flexibility index (Phi) is 5.59. The lowest BCUT2D eigenvalue weighted by Gasteiger charge is -2.39. The van der Waals surface area contributed by atoms with E-state index < -0.39 is 37.3 Å². The van der Waals surface area contributed by atoms with Crippen LogP contribution in [0.1, 0.15) is 0 Å². The zero-order chi connectivity index (χ0) is 12.8. The van der Waals surface area contributed by atoms with Gasteiger partial charge >= 0.3 is 0 Å². The van der Waals surface area contributed by atoms with Crippen LogP contribution in [0.4, 0.5) is 0 Å². The molecule has 1 aliphatic heterocycles. The Bertz CT molecular complexity index is 282. The summed E-state index contributed by atoms with van der Waals surface area (Å²) in [5.41, 5.74) is 8.03. The van der Waals surface area contributed by atoms with Crippen molar-refractivity contribution in [2.24, 2.45) is 5.11 Å². The van der Waals surface area contributed by atoms with Crippen LogP contribution in [0.2, 0.25) is 0 Å². The molecule has 1 aliphatic rings. The predicted molar refractivity (Wildman–Crippen MR) is 53.7 cm³/mol. The van der Waals surface area contributed by atoms with Crippen LogP contribution in [0.5, 0.6) is 0 Å². The van der Waals surface area contributed by atoms with Gasteiger partial charge in [0.1, 0.15) is 24.4 Å². The van der Waals surface area contributed by atoms with Crippen LogP contribution in [0.15, 0.2) is 5.11 Å². The van der Waals surface area contributed by atoms with E-state index in [1.54, 1.807) is 0 Å². The van der Waals surface area contributed by atoms with Gasteiger partial charge in [-0.05, 0) is 5.53 Å². The Labute approximate surface area is 96.8 Å². The molecule has 98 valence electrons. The van der Waals surface area contributed by atoms with Crippen LogP contribution in [0.25, 0.3) is 10.4 Å². The van der Waals surface area contributed by atoms with Crippen LogP contribution in [0, 0.1) is 0 Å². The number of azide groups is 1. The molecule has 0 aromatic heterocycles. The van der Waals surface area contributed by atoms with Crippen molar-refractivity contribution in [1.29, 1.82) is 0 Å². The summed E-state index contributed by atoms with van der Waals surface area (Å²) in [4.78, 5) is 2.51. The van der Waals surface area contributed by atoms with Crippen molar-refractivity contribution in [2.75, 3.05) is 19.8 Å². The number of nitrogens with zero attached hydrogens (tertiary/aromatic N) is 3. The van der Waals surface area contributed by atoms with Crippen LogP contribution < -0.4 is 0 Å². The van der Waals surface area contributed by atoms with E-state index in [0.29, 0.717) is 0 Å². The van der Waals surface area contributed by atoms with Gasteiger partial charge in [-0.25, -0.2) is 0 Å². The van der Waals surface area contributed by atoms with E-state index in [2.05, 4.69) is 10.0 Å². The highest BCUT2D eigenvalue weighted by Gasteiger charge is 2.43. The van der Waals surface area contributed by atoms with Gasteiger partial charge in [-0.2, -0.15) is 0 Å². The highest BCUT2D eigenvalue weighted by Crippen LogP contribution is 2.21. The predicted octanol–water partition coefficient (Wildman–Crippen LogP) is -1.89. The average Bonchev–Trinajstić information content (AvgIpc) is 2.34. The molecule has 0 radical (unpaired) electrons. The molecule has 0 amide bonds. The first-order valence-electron chi connectivity index (χ1n) is 5.04. The largest absolute Gasteiger partial charge is 0.394 e. The molecule has 4 N–H and O–H groups in total. The van der Waals surface area contributed by atoms with Crippen molar-refractivity contribution in [3.05, 3.63) is 10.4 Å². The maximum Gasteiger partial charge on any atom is 0.186 e. The number of ether oxygens (including phenoxy) is 2. The fourth-order valence-electron chi connectivity index (χ4n) is 1.46. The smallest absolute Gasteiger partial charge is 0.186 e. The molecule has 9 nitrogen and oxygen atoms in total. The quantitative estimate of drug-likeness (QED) is 0.194. The van der Waals surface area contributed by atoms with Gasteiger partial charge in [0.15, 0.2) is 6.29 Å². The van der Waals surface area contributed by atoms with Gasteiger partial charge in [-0.1, -0.05) is 5.11 Å². The van der Waals surface area contributed by atoms with E-state index in [4.69, 9.17) is 20.1 Å². The third kappa shape index (κ3) is 3.51. The Balaban J connectivity index is 2.50. The lowest BCUT2D eigenvalue weighted by molar-refractivity contribution is -0.300. The van der Waals surface area contributed by atoms with Crippen molar-refractivity contribution in [1.82, 2.24) is 0 Å². The molecule has 0 saturated carbocycles. The third-order valence-corrected chi connectivity index (χ3v) is 2.39. The number of hydrogen-bond donors (Lipinski definition) is 4. The SMILES string of the molecule is [N-]=[N+]=NCCO[C@H]1OC(CO)[C@@H](O)[C@H](O)C1O. The Morgan fingerprint density at radius 3 is 2.53 bits per heavy atom. The zero-order valence-corrected chi connectivity index (χ0v) is 8.96. The Morgan fingerprint density at radius 1 is 1.24 bits per heavy atom. The molecule has 1 rings (SSSR count). The lowest BCUT2D eigenvalue weighted by Crippen LogP contribution is -2.59. The first-order valence-corrected chi connectivity index (χ1v) is 5.04. The van der Waals surface area contributed by atoms with E-state index in [1.165, 1.54) is 0 Å². The number of hydrogen-bond acceptors (Lipinski definition) is 7. The molecule has 0 spiro atoms. The lowest BCUT2D eigenvalue weighted by atomic mass is 9.99. The molecule has 1 fully saturated rings. The normalized spacial score (nSPS) is 37.5. The zero-order valence-electron chi connectivity index (χ0n) is 8.96. The monoisotopic (exact) mass is 249 g/mol. The molecule has 0 aromatic rings. The summed E-state index contributed by atoms with van der Waals surface area (Å²) in [7, 11) is 0. The van der Waals surface area contributed by atoms with E-state index in [1.807, 2.05) is 0 Å². The topological polar surface area (TPSA) is 148 Å². The van der Waals surface area contributed by atoms with E-state index in [-0.39, 0.29) is 13.2 Å². The van der Waals surface area contributed by atoms with Crippen molar-refractivity contribution in [2.45, 2.75) is 30.7 Å². The molecule has 2 unspecified atom stereocenters. The summed E-state index contributed by atoms with van der Waals surface area (Å²) in [6, 6.07) is 0. The van der Waals surface area contributed by atoms with Crippen LogP contribution >= 0.6 is 0 Å².